The molecule has 0 fully saturated rings. The van der Waals surface area contributed by atoms with Crippen molar-refractivity contribution in [3.8, 4) is 5.69 Å². The van der Waals surface area contributed by atoms with Crippen molar-refractivity contribution in [2.45, 2.75) is 25.7 Å². The van der Waals surface area contributed by atoms with Crippen LogP contribution in [0, 0.1) is 20.8 Å². The van der Waals surface area contributed by atoms with Crippen molar-refractivity contribution >= 4 is 31.3 Å². The molecule has 2 rings (SSSR count). The van der Waals surface area contributed by atoms with Gasteiger partial charge in [-0.3, -0.25) is 0 Å². The fourth-order valence-electron chi connectivity index (χ4n) is 1.96. The van der Waals surface area contributed by atoms with Gasteiger partial charge in [0.25, 0.3) is 9.05 Å². The van der Waals surface area contributed by atoms with Gasteiger partial charge in [0.15, 0.2) is 5.15 Å². The fourth-order valence-corrected chi connectivity index (χ4v) is 3.89. The van der Waals surface area contributed by atoms with Crippen LogP contribution in [0.2, 0.25) is 5.15 Å². The van der Waals surface area contributed by atoms with Crippen LogP contribution in [0.15, 0.2) is 23.1 Å². The van der Waals surface area contributed by atoms with Gasteiger partial charge in [0.2, 0.25) is 0 Å². The number of halogens is 2. The topological polar surface area (TPSA) is 52.0 Å². The number of rotatable bonds is 2. The Bertz CT molecular complexity index is 751. The average Bonchev–Trinajstić information content (AvgIpc) is 2.53. The van der Waals surface area contributed by atoms with E-state index in [1.54, 1.807) is 6.92 Å². The third-order valence-corrected chi connectivity index (χ3v) is 4.68. The largest absolute Gasteiger partial charge is 0.266 e. The first-order chi connectivity index (χ1) is 8.71. The molecule has 1 aromatic heterocycles. The summed E-state index contributed by atoms with van der Waals surface area (Å²) >= 11 is 6.10. The first-order valence-electron chi connectivity index (χ1n) is 5.49. The molecule has 0 bridgehead atoms. The predicted molar refractivity (Wildman–Crippen MR) is 75.8 cm³/mol. The second-order valence-electron chi connectivity index (χ2n) is 4.34. The lowest BCUT2D eigenvalue weighted by Gasteiger charge is -2.08. The maximum Gasteiger partial charge on any atom is 0.266 e. The summed E-state index contributed by atoms with van der Waals surface area (Å²) in [6, 6.07) is 5.72. The molecule has 4 nitrogen and oxygen atoms in total. The molecule has 0 saturated heterocycles. The molecule has 0 N–H and O–H groups in total. The number of nitrogens with zero attached hydrogens (tertiary/aromatic N) is 2. The Balaban J connectivity index is 2.72. The van der Waals surface area contributed by atoms with Gasteiger partial charge < -0.3 is 0 Å². The van der Waals surface area contributed by atoms with Gasteiger partial charge >= 0.3 is 0 Å². The van der Waals surface area contributed by atoms with Crippen molar-refractivity contribution in [1.29, 1.82) is 0 Å². The third kappa shape index (κ3) is 2.63. The van der Waals surface area contributed by atoms with Crippen LogP contribution in [0.4, 0.5) is 0 Å². The van der Waals surface area contributed by atoms with E-state index in [4.69, 9.17) is 22.3 Å². The number of aromatic nitrogens is 2. The summed E-state index contributed by atoms with van der Waals surface area (Å²) in [6.45, 7) is 5.44. The van der Waals surface area contributed by atoms with E-state index in [0.717, 1.165) is 16.8 Å². The fraction of sp³-hybridized carbons (Fsp3) is 0.250. The highest BCUT2D eigenvalue weighted by atomic mass is 35.7. The summed E-state index contributed by atoms with van der Waals surface area (Å²) < 4.78 is 24.4. The SMILES string of the molecule is Cc1ccc(-n2nc(C)c(S(=O)(=O)Cl)c2Cl)c(C)c1. The Kier molecular flexibility index (Phi) is 3.64. The lowest BCUT2D eigenvalue weighted by Crippen LogP contribution is -2.00. The molecule has 0 aliphatic rings. The standard InChI is InChI=1S/C12H12Cl2N2O2S/c1-7-4-5-10(8(2)6-7)16-12(13)11(9(3)15-16)19(14,17)18/h4-6H,1-3H3. The molecule has 0 radical (unpaired) electrons. The lowest BCUT2D eigenvalue weighted by molar-refractivity contribution is 0.609. The van der Waals surface area contributed by atoms with E-state index in [0.29, 0.717) is 0 Å². The van der Waals surface area contributed by atoms with Gasteiger partial charge in [0.1, 0.15) is 4.90 Å². The highest BCUT2D eigenvalue weighted by Gasteiger charge is 2.25. The Morgan fingerprint density at radius 1 is 1.21 bits per heavy atom. The van der Waals surface area contributed by atoms with Crippen LogP contribution in [0.5, 0.6) is 0 Å². The van der Waals surface area contributed by atoms with Gasteiger partial charge in [-0.2, -0.15) is 5.10 Å². The number of hydrogen-bond acceptors (Lipinski definition) is 3. The highest BCUT2D eigenvalue weighted by Crippen LogP contribution is 2.31. The summed E-state index contributed by atoms with van der Waals surface area (Å²) in [5.41, 5.74) is 3.06. The molecule has 0 aliphatic heterocycles. The lowest BCUT2D eigenvalue weighted by atomic mass is 10.1. The molecule has 0 aliphatic carbocycles. The van der Waals surface area contributed by atoms with Crippen LogP contribution in [0.1, 0.15) is 16.8 Å². The quantitative estimate of drug-likeness (QED) is 0.797. The van der Waals surface area contributed by atoms with Gasteiger partial charge in [-0.1, -0.05) is 29.3 Å². The van der Waals surface area contributed by atoms with Crippen LogP contribution in [-0.2, 0) is 9.05 Å². The molecule has 0 saturated carbocycles. The number of hydrogen-bond donors (Lipinski definition) is 0. The van der Waals surface area contributed by atoms with Crippen molar-refractivity contribution in [3.63, 3.8) is 0 Å². The van der Waals surface area contributed by atoms with Crippen molar-refractivity contribution in [2.24, 2.45) is 0 Å². The maximum atomic E-state index is 11.5. The zero-order valence-electron chi connectivity index (χ0n) is 10.6. The number of benzene rings is 1. The van der Waals surface area contributed by atoms with Crippen molar-refractivity contribution in [2.75, 3.05) is 0 Å². The molecular formula is C12H12Cl2N2O2S. The molecular weight excluding hydrogens is 307 g/mol. The second kappa shape index (κ2) is 4.81. The summed E-state index contributed by atoms with van der Waals surface area (Å²) in [5.74, 6) is 0. The zero-order chi connectivity index (χ0) is 14.4. The van der Waals surface area contributed by atoms with Gasteiger partial charge in [-0.05, 0) is 32.4 Å². The van der Waals surface area contributed by atoms with E-state index in [-0.39, 0.29) is 15.7 Å². The third-order valence-electron chi connectivity index (χ3n) is 2.78. The Hall–Kier alpha value is -1.04. The van der Waals surface area contributed by atoms with E-state index in [1.807, 2.05) is 32.0 Å². The normalized spacial score (nSPS) is 11.8. The molecule has 19 heavy (non-hydrogen) atoms. The van der Waals surface area contributed by atoms with Crippen LogP contribution >= 0.6 is 22.3 Å². The van der Waals surface area contributed by atoms with Gasteiger partial charge in [-0.25, -0.2) is 13.1 Å². The average molecular weight is 319 g/mol. The van der Waals surface area contributed by atoms with E-state index in [2.05, 4.69) is 5.10 Å². The van der Waals surface area contributed by atoms with E-state index in [1.165, 1.54) is 4.68 Å². The Morgan fingerprint density at radius 2 is 1.84 bits per heavy atom. The van der Waals surface area contributed by atoms with Crippen molar-refractivity contribution in [3.05, 3.63) is 40.2 Å². The molecule has 0 amide bonds. The summed E-state index contributed by atoms with van der Waals surface area (Å²) in [6.07, 6.45) is 0. The van der Waals surface area contributed by atoms with E-state index in [9.17, 15) is 8.42 Å². The smallest absolute Gasteiger partial charge is 0.220 e. The monoisotopic (exact) mass is 318 g/mol. The van der Waals surface area contributed by atoms with Crippen LogP contribution in [0.25, 0.3) is 5.69 Å². The molecule has 1 heterocycles. The molecule has 2 aromatic rings. The van der Waals surface area contributed by atoms with Gasteiger partial charge in [0.05, 0.1) is 11.4 Å². The molecule has 7 heteroatoms. The van der Waals surface area contributed by atoms with E-state index >= 15 is 0 Å². The predicted octanol–water partition coefficient (Wildman–Crippen LogP) is 3.38. The molecule has 0 spiro atoms. The van der Waals surface area contributed by atoms with Gasteiger partial charge in [-0.15, -0.1) is 0 Å². The molecule has 0 unspecified atom stereocenters. The summed E-state index contributed by atoms with van der Waals surface area (Å²) in [4.78, 5) is -0.143. The van der Waals surface area contributed by atoms with E-state index < -0.39 is 9.05 Å². The minimum absolute atomic E-state index is 0.000506. The van der Waals surface area contributed by atoms with Crippen molar-refractivity contribution < 1.29 is 8.42 Å². The Morgan fingerprint density at radius 3 is 2.32 bits per heavy atom. The molecule has 1 aromatic carbocycles. The first kappa shape index (κ1) is 14.4. The maximum absolute atomic E-state index is 11.5. The van der Waals surface area contributed by atoms with Crippen LogP contribution < -0.4 is 0 Å². The second-order valence-corrected chi connectivity index (χ2v) is 7.21. The summed E-state index contributed by atoms with van der Waals surface area (Å²) in [5, 5.41) is 4.16. The minimum Gasteiger partial charge on any atom is -0.220 e. The minimum atomic E-state index is -3.92. The Labute approximate surface area is 121 Å². The first-order valence-corrected chi connectivity index (χ1v) is 8.18. The van der Waals surface area contributed by atoms with Gasteiger partial charge in [0, 0.05) is 10.7 Å². The van der Waals surface area contributed by atoms with Crippen molar-refractivity contribution in [1.82, 2.24) is 9.78 Å². The summed E-state index contributed by atoms with van der Waals surface area (Å²) in [7, 11) is 1.45. The zero-order valence-corrected chi connectivity index (χ0v) is 12.9. The highest BCUT2D eigenvalue weighted by molar-refractivity contribution is 8.13. The van der Waals surface area contributed by atoms with Crippen LogP contribution in [0.3, 0.4) is 0 Å². The molecule has 102 valence electrons. The number of aryl methyl sites for hydroxylation is 3. The molecule has 0 atom stereocenters. The van der Waals surface area contributed by atoms with Crippen LogP contribution in [-0.4, -0.2) is 18.2 Å².